The standard InChI is InChI=1S/C26H33NSi/c1-8-23(22-14-10-9-11-15-22)25-18-27(26-17-13-12-16-24(25)26)28(19(2)3,20(4)5)21(6)7/h1,9-21,23H,2-7H3/t23-/m0/s1. The molecule has 1 nitrogen and oxygen atoms in total. The van der Waals surface area contributed by atoms with Crippen molar-refractivity contribution >= 4 is 19.1 Å². The van der Waals surface area contributed by atoms with E-state index in [2.05, 4.69) is 112 Å². The van der Waals surface area contributed by atoms with E-state index in [4.69, 9.17) is 6.42 Å². The molecule has 0 saturated heterocycles. The summed E-state index contributed by atoms with van der Waals surface area (Å²) in [5, 5.41) is 1.30. The summed E-state index contributed by atoms with van der Waals surface area (Å²) in [4.78, 5) is 0. The van der Waals surface area contributed by atoms with Gasteiger partial charge in [-0.3, -0.25) is 0 Å². The molecule has 0 fully saturated rings. The van der Waals surface area contributed by atoms with Gasteiger partial charge >= 0.3 is 0 Å². The average Bonchev–Trinajstić information content (AvgIpc) is 3.03. The minimum absolute atomic E-state index is 0.0227. The van der Waals surface area contributed by atoms with Crippen LogP contribution in [0.3, 0.4) is 0 Å². The molecule has 0 bridgehead atoms. The Bertz CT molecular complexity index is 951. The predicted octanol–water partition coefficient (Wildman–Crippen LogP) is 7.43. The summed E-state index contributed by atoms with van der Waals surface area (Å²) in [5.41, 5.74) is 5.71. The molecule has 0 N–H and O–H groups in total. The number of para-hydroxylation sites is 1. The molecule has 1 atom stereocenters. The summed E-state index contributed by atoms with van der Waals surface area (Å²) in [6.45, 7) is 14.5. The quantitative estimate of drug-likeness (QED) is 0.306. The number of nitrogens with zero attached hydrogens (tertiary/aromatic N) is 1. The van der Waals surface area contributed by atoms with E-state index in [0.717, 1.165) is 0 Å². The lowest BCUT2D eigenvalue weighted by Crippen LogP contribution is -2.51. The first-order chi connectivity index (χ1) is 13.4. The summed E-state index contributed by atoms with van der Waals surface area (Å²) < 4.78 is 2.69. The van der Waals surface area contributed by atoms with Crippen molar-refractivity contribution in [3.05, 3.63) is 71.9 Å². The van der Waals surface area contributed by atoms with Gasteiger partial charge < -0.3 is 4.23 Å². The Morgan fingerprint density at radius 2 is 1.32 bits per heavy atom. The van der Waals surface area contributed by atoms with Crippen molar-refractivity contribution in [3.63, 3.8) is 0 Å². The molecule has 0 aliphatic heterocycles. The van der Waals surface area contributed by atoms with Gasteiger partial charge in [-0.2, -0.15) is 0 Å². The second-order valence-electron chi connectivity index (χ2n) is 8.83. The Kier molecular flexibility index (Phi) is 5.86. The van der Waals surface area contributed by atoms with E-state index in [1.807, 2.05) is 0 Å². The van der Waals surface area contributed by atoms with Crippen LogP contribution in [0.25, 0.3) is 10.9 Å². The van der Waals surface area contributed by atoms with Gasteiger partial charge in [0.2, 0.25) is 0 Å². The van der Waals surface area contributed by atoms with E-state index >= 15 is 0 Å². The van der Waals surface area contributed by atoms with Gasteiger partial charge in [-0.15, -0.1) is 6.42 Å². The zero-order chi connectivity index (χ0) is 20.5. The van der Waals surface area contributed by atoms with Crippen molar-refractivity contribution in [2.45, 2.75) is 64.1 Å². The Labute approximate surface area is 171 Å². The predicted molar refractivity (Wildman–Crippen MR) is 126 cm³/mol. The molecule has 3 aromatic rings. The summed E-state index contributed by atoms with van der Waals surface area (Å²) >= 11 is 0. The van der Waals surface area contributed by atoms with Crippen LogP contribution in [0.1, 0.15) is 58.6 Å². The molecule has 2 aromatic carbocycles. The van der Waals surface area contributed by atoms with Gasteiger partial charge in [0.05, 0.1) is 5.92 Å². The van der Waals surface area contributed by atoms with Crippen LogP contribution in [-0.2, 0) is 0 Å². The summed E-state index contributed by atoms with van der Waals surface area (Å²) in [5.74, 6) is 3.06. The smallest absolute Gasteiger partial charge is 0.169 e. The second-order valence-corrected chi connectivity index (χ2v) is 14.6. The maximum atomic E-state index is 6.08. The van der Waals surface area contributed by atoms with Gasteiger partial charge in [0.1, 0.15) is 0 Å². The Hall–Kier alpha value is -2.24. The van der Waals surface area contributed by atoms with Gasteiger partial charge in [-0.25, -0.2) is 0 Å². The number of terminal acetylenes is 1. The van der Waals surface area contributed by atoms with Gasteiger partial charge in [0, 0.05) is 17.1 Å². The lowest BCUT2D eigenvalue weighted by atomic mass is 9.92. The first-order valence-corrected chi connectivity index (χ1v) is 12.6. The fourth-order valence-corrected chi connectivity index (χ4v) is 12.2. The maximum absolute atomic E-state index is 6.08. The monoisotopic (exact) mass is 387 g/mol. The molecule has 0 amide bonds. The van der Waals surface area contributed by atoms with Gasteiger partial charge in [0.15, 0.2) is 8.24 Å². The van der Waals surface area contributed by atoms with Crippen molar-refractivity contribution in [1.82, 2.24) is 4.23 Å². The highest BCUT2D eigenvalue weighted by Gasteiger charge is 2.46. The minimum Gasteiger partial charge on any atom is -0.373 e. The number of fused-ring (bicyclic) bond motifs is 1. The average molecular weight is 388 g/mol. The number of rotatable bonds is 6. The van der Waals surface area contributed by atoms with Crippen LogP contribution in [0.2, 0.25) is 16.6 Å². The second kappa shape index (κ2) is 8.01. The van der Waals surface area contributed by atoms with Gasteiger partial charge in [-0.05, 0) is 33.8 Å². The van der Waals surface area contributed by atoms with Crippen LogP contribution in [0.5, 0.6) is 0 Å². The van der Waals surface area contributed by atoms with E-state index in [0.29, 0.717) is 16.6 Å². The highest BCUT2D eigenvalue weighted by Crippen LogP contribution is 2.45. The molecule has 1 heterocycles. The Morgan fingerprint density at radius 1 is 0.786 bits per heavy atom. The molecular weight excluding hydrogens is 354 g/mol. The van der Waals surface area contributed by atoms with E-state index < -0.39 is 8.24 Å². The summed E-state index contributed by atoms with van der Waals surface area (Å²) in [7, 11) is -1.86. The lowest BCUT2D eigenvalue weighted by molar-refractivity contribution is 0.771. The lowest BCUT2D eigenvalue weighted by Gasteiger charge is -2.44. The third-order valence-electron chi connectivity index (χ3n) is 6.55. The van der Waals surface area contributed by atoms with Crippen LogP contribution in [0.4, 0.5) is 0 Å². The molecule has 0 saturated carbocycles. The highest BCUT2D eigenvalue weighted by atomic mass is 28.3. The van der Waals surface area contributed by atoms with Crippen LogP contribution in [-0.4, -0.2) is 12.5 Å². The van der Waals surface area contributed by atoms with Crippen LogP contribution < -0.4 is 0 Å². The summed E-state index contributed by atoms with van der Waals surface area (Å²) in [6.07, 6.45) is 8.49. The van der Waals surface area contributed by atoms with E-state index in [1.54, 1.807) is 0 Å². The first kappa shape index (κ1) is 20.5. The van der Waals surface area contributed by atoms with Crippen molar-refractivity contribution in [1.29, 1.82) is 0 Å². The SMILES string of the molecule is C#C[C@@H](c1ccccc1)c1cn([Si](C(C)C)(C(C)C)C(C)C)c2ccccc12. The zero-order valence-electron chi connectivity index (χ0n) is 18.1. The Balaban J connectivity index is 2.34. The molecule has 2 heteroatoms. The molecule has 0 unspecified atom stereocenters. The normalized spacial score (nSPS) is 13.4. The first-order valence-electron chi connectivity index (χ1n) is 10.5. The number of aromatic nitrogens is 1. The fraction of sp³-hybridized carbons (Fsp3) is 0.385. The Morgan fingerprint density at radius 3 is 1.86 bits per heavy atom. The molecule has 0 radical (unpaired) electrons. The topological polar surface area (TPSA) is 4.93 Å². The van der Waals surface area contributed by atoms with Crippen molar-refractivity contribution < 1.29 is 0 Å². The molecule has 3 rings (SSSR count). The third kappa shape index (κ3) is 3.12. The number of benzene rings is 2. The molecule has 146 valence electrons. The zero-order valence-corrected chi connectivity index (χ0v) is 19.1. The summed E-state index contributed by atoms with van der Waals surface area (Å²) in [6, 6.07) is 19.3. The van der Waals surface area contributed by atoms with Crippen LogP contribution >= 0.6 is 0 Å². The van der Waals surface area contributed by atoms with Gasteiger partial charge in [0.25, 0.3) is 0 Å². The van der Waals surface area contributed by atoms with E-state index in [-0.39, 0.29) is 5.92 Å². The largest absolute Gasteiger partial charge is 0.373 e. The van der Waals surface area contributed by atoms with Crippen molar-refractivity contribution in [2.24, 2.45) is 0 Å². The third-order valence-corrected chi connectivity index (χ3v) is 13.3. The van der Waals surface area contributed by atoms with Crippen molar-refractivity contribution in [2.75, 3.05) is 0 Å². The van der Waals surface area contributed by atoms with Crippen LogP contribution in [0.15, 0.2) is 60.8 Å². The molecule has 1 aromatic heterocycles. The number of hydrogen-bond donors (Lipinski definition) is 0. The van der Waals surface area contributed by atoms with E-state index in [1.165, 1.54) is 22.0 Å². The highest BCUT2D eigenvalue weighted by molar-refractivity contribution is 6.82. The minimum atomic E-state index is -1.86. The maximum Gasteiger partial charge on any atom is 0.169 e. The number of hydrogen-bond acceptors (Lipinski definition) is 0. The van der Waals surface area contributed by atoms with Crippen molar-refractivity contribution in [3.8, 4) is 12.3 Å². The van der Waals surface area contributed by atoms with E-state index in [9.17, 15) is 0 Å². The molecule has 28 heavy (non-hydrogen) atoms. The van der Waals surface area contributed by atoms with Crippen LogP contribution in [0, 0.1) is 12.3 Å². The van der Waals surface area contributed by atoms with Gasteiger partial charge in [-0.1, -0.05) is 96.0 Å². The molecule has 0 aliphatic rings. The molecule has 0 spiro atoms. The molecular formula is C26H33NSi. The fourth-order valence-electron chi connectivity index (χ4n) is 5.60. The molecule has 0 aliphatic carbocycles.